The van der Waals surface area contributed by atoms with Crippen molar-refractivity contribution in [2.75, 3.05) is 6.61 Å². The lowest BCUT2D eigenvalue weighted by atomic mass is 9.85. The van der Waals surface area contributed by atoms with Gasteiger partial charge in [-0.2, -0.15) is 0 Å². The van der Waals surface area contributed by atoms with Crippen LogP contribution in [0.4, 0.5) is 0 Å². The molecule has 1 aliphatic carbocycles. The highest BCUT2D eigenvalue weighted by Gasteiger charge is 2.33. The number of aliphatic hydroxyl groups is 1. The molecule has 0 aliphatic heterocycles. The first-order chi connectivity index (χ1) is 13.3. The molecular formula is C24H42O4. The van der Waals surface area contributed by atoms with Crippen molar-refractivity contribution in [1.29, 1.82) is 0 Å². The molecule has 1 rings (SSSR count). The van der Waals surface area contributed by atoms with Crippen molar-refractivity contribution >= 4 is 11.8 Å². The van der Waals surface area contributed by atoms with E-state index in [-0.39, 0.29) is 23.4 Å². The lowest BCUT2D eigenvalue weighted by Gasteiger charge is -2.20. The standard InChI is InChI=1S/C24H42O4/c1-5-7-8-11-20(25)15-13-19-14-16-22(26)21(19)12-9-10-17-24(3,4)18-23(27)28-6-2/h10,17,19-21,25H,5-9,11-16,18H2,1-4H3/t19-,20?,21+/m0/s1. The van der Waals surface area contributed by atoms with Crippen LogP contribution < -0.4 is 0 Å². The molecule has 0 bridgehead atoms. The normalized spacial score (nSPS) is 21.4. The number of hydrogen-bond acceptors (Lipinski definition) is 4. The Morgan fingerprint density at radius 3 is 2.68 bits per heavy atom. The number of carbonyl (C=O) groups excluding carboxylic acids is 2. The number of rotatable bonds is 14. The van der Waals surface area contributed by atoms with E-state index in [0.717, 1.165) is 44.9 Å². The van der Waals surface area contributed by atoms with E-state index in [1.54, 1.807) is 0 Å². The van der Waals surface area contributed by atoms with Crippen LogP contribution in [0.25, 0.3) is 0 Å². The summed E-state index contributed by atoms with van der Waals surface area (Å²) in [6.07, 6.45) is 13.9. The van der Waals surface area contributed by atoms with Crippen LogP contribution in [-0.4, -0.2) is 29.6 Å². The maximum absolute atomic E-state index is 12.3. The fourth-order valence-corrected chi connectivity index (χ4v) is 4.22. The molecule has 4 nitrogen and oxygen atoms in total. The van der Waals surface area contributed by atoms with Gasteiger partial charge in [0, 0.05) is 12.3 Å². The molecule has 1 aliphatic rings. The maximum atomic E-state index is 12.3. The lowest BCUT2D eigenvalue weighted by Crippen LogP contribution is -2.18. The van der Waals surface area contributed by atoms with E-state index in [0.29, 0.717) is 31.1 Å². The fourth-order valence-electron chi connectivity index (χ4n) is 4.22. The topological polar surface area (TPSA) is 63.6 Å². The molecule has 1 fully saturated rings. The smallest absolute Gasteiger partial charge is 0.306 e. The van der Waals surface area contributed by atoms with Gasteiger partial charge in [-0.15, -0.1) is 0 Å². The van der Waals surface area contributed by atoms with E-state index in [4.69, 9.17) is 4.74 Å². The fraction of sp³-hybridized carbons (Fsp3) is 0.833. The number of ketones is 1. The highest BCUT2D eigenvalue weighted by atomic mass is 16.5. The van der Waals surface area contributed by atoms with E-state index in [9.17, 15) is 14.7 Å². The van der Waals surface area contributed by atoms with Gasteiger partial charge in [0.25, 0.3) is 0 Å². The first-order valence-corrected chi connectivity index (χ1v) is 11.3. The molecule has 0 saturated heterocycles. The quantitative estimate of drug-likeness (QED) is 0.236. The number of allylic oxidation sites excluding steroid dienone is 2. The third kappa shape index (κ3) is 9.86. The summed E-state index contributed by atoms with van der Waals surface area (Å²) in [5, 5.41) is 10.2. The molecular weight excluding hydrogens is 352 g/mol. The predicted molar refractivity (Wildman–Crippen MR) is 114 cm³/mol. The molecule has 28 heavy (non-hydrogen) atoms. The Kier molecular flexibility index (Phi) is 11.7. The van der Waals surface area contributed by atoms with E-state index in [1.807, 2.05) is 20.8 Å². The minimum absolute atomic E-state index is 0.140. The molecule has 0 heterocycles. The molecule has 0 amide bonds. The molecule has 0 aromatic heterocycles. The molecule has 3 atom stereocenters. The number of ether oxygens (including phenoxy) is 1. The van der Waals surface area contributed by atoms with Gasteiger partial charge in [0.1, 0.15) is 5.78 Å². The van der Waals surface area contributed by atoms with Gasteiger partial charge >= 0.3 is 5.97 Å². The van der Waals surface area contributed by atoms with Crippen LogP contribution in [0.1, 0.15) is 98.3 Å². The number of esters is 1. The predicted octanol–water partition coefficient (Wildman–Crippen LogP) is 5.62. The zero-order chi connectivity index (χ0) is 21.0. The summed E-state index contributed by atoms with van der Waals surface area (Å²) in [4.78, 5) is 24.0. The van der Waals surface area contributed by atoms with E-state index in [1.165, 1.54) is 12.8 Å². The Bertz CT molecular complexity index is 495. The molecule has 0 spiro atoms. The summed E-state index contributed by atoms with van der Waals surface area (Å²) in [5.74, 6) is 0.792. The average Bonchev–Trinajstić information content (AvgIpc) is 2.97. The van der Waals surface area contributed by atoms with E-state index >= 15 is 0 Å². The Morgan fingerprint density at radius 2 is 2.00 bits per heavy atom. The van der Waals surface area contributed by atoms with Crippen LogP contribution in [0, 0.1) is 17.3 Å². The second-order valence-corrected chi connectivity index (χ2v) is 9.05. The highest BCUT2D eigenvalue weighted by Crippen LogP contribution is 2.36. The van der Waals surface area contributed by atoms with E-state index in [2.05, 4.69) is 19.1 Å². The van der Waals surface area contributed by atoms with E-state index < -0.39 is 0 Å². The SMILES string of the molecule is CCCCCC(O)CC[C@H]1CCC(=O)[C@@H]1CCC=CC(C)(C)CC(=O)OCC. The van der Waals surface area contributed by atoms with Gasteiger partial charge in [0.15, 0.2) is 0 Å². The molecule has 162 valence electrons. The summed E-state index contributed by atoms with van der Waals surface area (Å²) in [6.45, 7) is 8.47. The number of unbranched alkanes of at least 4 members (excludes halogenated alkanes) is 2. The van der Waals surface area contributed by atoms with Gasteiger partial charge in [0.05, 0.1) is 19.1 Å². The molecule has 1 unspecified atom stereocenters. The van der Waals surface area contributed by atoms with Crippen molar-refractivity contribution in [3.05, 3.63) is 12.2 Å². The van der Waals surface area contributed by atoms with Crippen molar-refractivity contribution in [2.45, 2.75) is 104 Å². The van der Waals surface area contributed by atoms with Crippen LogP contribution in [0.15, 0.2) is 12.2 Å². The zero-order valence-corrected chi connectivity index (χ0v) is 18.5. The monoisotopic (exact) mass is 394 g/mol. The van der Waals surface area contributed by atoms with Gasteiger partial charge in [-0.25, -0.2) is 0 Å². The van der Waals surface area contributed by atoms with Crippen molar-refractivity contribution < 1.29 is 19.4 Å². The summed E-state index contributed by atoms with van der Waals surface area (Å²) in [6, 6.07) is 0. The number of aliphatic hydroxyl groups excluding tert-OH is 1. The maximum Gasteiger partial charge on any atom is 0.306 e. The van der Waals surface area contributed by atoms with Crippen LogP contribution >= 0.6 is 0 Å². The largest absolute Gasteiger partial charge is 0.466 e. The summed E-state index contributed by atoms with van der Waals surface area (Å²) >= 11 is 0. The minimum Gasteiger partial charge on any atom is -0.466 e. The van der Waals surface area contributed by atoms with Gasteiger partial charge in [0.2, 0.25) is 0 Å². The van der Waals surface area contributed by atoms with Crippen molar-refractivity contribution in [3.8, 4) is 0 Å². The Balaban J connectivity index is 2.39. The second kappa shape index (κ2) is 13.1. The molecule has 0 radical (unpaired) electrons. The minimum atomic E-state index is -0.228. The first-order valence-electron chi connectivity index (χ1n) is 11.3. The third-order valence-corrected chi connectivity index (χ3v) is 5.87. The number of Topliss-reactive ketones (excluding diaryl/α,β-unsaturated/α-hetero) is 1. The molecule has 4 heteroatoms. The van der Waals surface area contributed by atoms with Crippen LogP contribution in [0.3, 0.4) is 0 Å². The molecule has 1 N–H and O–H groups in total. The molecule has 0 aromatic carbocycles. The van der Waals surface area contributed by atoms with Crippen molar-refractivity contribution in [3.63, 3.8) is 0 Å². The molecule has 0 aromatic rings. The van der Waals surface area contributed by atoms with Gasteiger partial charge < -0.3 is 9.84 Å². The average molecular weight is 395 g/mol. The van der Waals surface area contributed by atoms with Crippen LogP contribution in [0.2, 0.25) is 0 Å². The van der Waals surface area contributed by atoms with Gasteiger partial charge in [-0.05, 0) is 56.8 Å². The van der Waals surface area contributed by atoms with Crippen molar-refractivity contribution in [2.24, 2.45) is 17.3 Å². The lowest BCUT2D eigenvalue weighted by molar-refractivity contribution is -0.144. The third-order valence-electron chi connectivity index (χ3n) is 5.87. The molecule has 1 saturated carbocycles. The Morgan fingerprint density at radius 1 is 1.25 bits per heavy atom. The second-order valence-electron chi connectivity index (χ2n) is 9.05. The zero-order valence-electron chi connectivity index (χ0n) is 18.5. The summed E-state index contributed by atoms with van der Waals surface area (Å²) in [7, 11) is 0. The first kappa shape index (κ1) is 24.9. The van der Waals surface area contributed by atoms with Gasteiger partial charge in [-0.1, -0.05) is 52.2 Å². The number of hydrogen-bond donors (Lipinski definition) is 1. The number of carbonyl (C=O) groups is 2. The van der Waals surface area contributed by atoms with Crippen molar-refractivity contribution in [1.82, 2.24) is 0 Å². The Labute approximate surface area is 172 Å². The summed E-state index contributed by atoms with van der Waals surface area (Å²) < 4.78 is 5.03. The Hall–Kier alpha value is -1.16. The highest BCUT2D eigenvalue weighted by molar-refractivity contribution is 5.83. The van der Waals surface area contributed by atoms with Crippen LogP contribution in [0.5, 0.6) is 0 Å². The van der Waals surface area contributed by atoms with Crippen LogP contribution in [-0.2, 0) is 14.3 Å². The summed E-state index contributed by atoms with van der Waals surface area (Å²) in [5.41, 5.74) is -0.228. The van der Waals surface area contributed by atoms with Gasteiger partial charge in [-0.3, -0.25) is 9.59 Å².